The number of aromatic nitrogens is 1. The Morgan fingerprint density at radius 1 is 1.38 bits per heavy atom. The predicted octanol–water partition coefficient (Wildman–Crippen LogP) is 2.84. The lowest BCUT2D eigenvalue weighted by Gasteiger charge is -2.36. The molecule has 4 nitrogen and oxygen atoms in total. The van der Waals surface area contributed by atoms with Gasteiger partial charge in [-0.2, -0.15) is 0 Å². The molecule has 0 bridgehead atoms. The molecule has 2 rings (SSSR count). The molecule has 5 heteroatoms. The maximum Gasteiger partial charge on any atom is 0.141 e. The van der Waals surface area contributed by atoms with Crippen molar-refractivity contribution in [1.29, 1.82) is 0 Å². The second kappa shape index (κ2) is 8.17. The fourth-order valence-corrected chi connectivity index (χ4v) is 3.07. The molecule has 1 atom stereocenters. The van der Waals surface area contributed by atoms with E-state index in [9.17, 15) is 14.3 Å². The number of aliphatic hydroxyl groups is 1. The molecule has 0 saturated carbocycles. The first-order valence-electron chi connectivity index (χ1n) is 8.75. The van der Waals surface area contributed by atoms with E-state index in [1.165, 1.54) is 6.07 Å². The zero-order valence-corrected chi connectivity index (χ0v) is 15.0. The number of pyridine rings is 1. The van der Waals surface area contributed by atoms with Crippen LogP contribution in [-0.2, 0) is 11.2 Å². The Labute approximate surface area is 144 Å². The van der Waals surface area contributed by atoms with E-state index in [2.05, 4.69) is 9.88 Å². The number of rotatable bonds is 6. The van der Waals surface area contributed by atoms with Gasteiger partial charge in [0.15, 0.2) is 0 Å². The Kier molecular flexibility index (Phi) is 6.47. The predicted molar refractivity (Wildman–Crippen MR) is 92.1 cm³/mol. The number of aliphatic hydroxyl groups excluding tert-OH is 1. The highest BCUT2D eigenvalue weighted by Gasteiger charge is 2.27. The molecule has 1 N–H and O–H groups in total. The van der Waals surface area contributed by atoms with E-state index < -0.39 is 5.82 Å². The number of carbonyl (C=O) groups is 1. The zero-order chi connectivity index (χ0) is 17.7. The highest BCUT2D eigenvalue weighted by Crippen LogP contribution is 2.25. The molecule has 0 amide bonds. The largest absolute Gasteiger partial charge is 0.391 e. The van der Waals surface area contributed by atoms with E-state index in [0.717, 1.165) is 32.1 Å². The molecule has 134 valence electrons. The molecule has 1 fully saturated rings. The van der Waals surface area contributed by atoms with Crippen LogP contribution in [0.3, 0.4) is 0 Å². The first-order chi connectivity index (χ1) is 11.2. The second-order valence-electron chi connectivity index (χ2n) is 8.06. The van der Waals surface area contributed by atoms with Gasteiger partial charge in [0.1, 0.15) is 11.6 Å². The van der Waals surface area contributed by atoms with Gasteiger partial charge in [-0.1, -0.05) is 20.8 Å². The zero-order valence-electron chi connectivity index (χ0n) is 15.0. The Hall–Kier alpha value is -1.33. The SMILES string of the molecule is CC(C)(C)C(O)CN1CCC(CC(=O)Cc2cncc(F)c2)CC1. The number of nitrogens with zero attached hydrogens (tertiary/aromatic N) is 2. The van der Waals surface area contributed by atoms with Crippen molar-refractivity contribution in [3.63, 3.8) is 0 Å². The van der Waals surface area contributed by atoms with Crippen molar-refractivity contribution in [1.82, 2.24) is 9.88 Å². The highest BCUT2D eigenvalue weighted by atomic mass is 19.1. The summed E-state index contributed by atoms with van der Waals surface area (Å²) in [5.41, 5.74) is 0.539. The van der Waals surface area contributed by atoms with Gasteiger partial charge in [0.2, 0.25) is 0 Å². The van der Waals surface area contributed by atoms with Gasteiger partial charge in [-0.3, -0.25) is 9.78 Å². The Morgan fingerprint density at radius 3 is 2.62 bits per heavy atom. The summed E-state index contributed by atoms with van der Waals surface area (Å²) in [7, 11) is 0. The van der Waals surface area contributed by atoms with Crippen LogP contribution in [0, 0.1) is 17.2 Å². The van der Waals surface area contributed by atoms with Crippen molar-refractivity contribution in [3.05, 3.63) is 29.8 Å². The van der Waals surface area contributed by atoms with Gasteiger partial charge in [0.25, 0.3) is 0 Å². The third-order valence-electron chi connectivity index (χ3n) is 4.82. The van der Waals surface area contributed by atoms with Crippen LogP contribution < -0.4 is 0 Å². The molecule has 1 saturated heterocycles. The van der Waals surface area contributed by atoms with Gasteiger partial charge in [-0.05, 0) is 48.9 Å². The van der Waals surface area contributed by atoms with E-state index in [4.69, 9.17) is 0 Å². The minimum Gasteiger partial charge on any atom is -0.391 e. The summed E-state index contributed by atoms with van der Waals surface area (Å²) in [6, 6.07) is 1.38. The first kappa shape index (κ1) is 19.0. The van der Waals surface area contributed by atoms with Crippen molar-refractivity contribution >= 4 is 5.78 Å². The lowest BCUT2D eigenvalue weighted by atomic mass is 9.87. The number of hydrogen-bond acceptors (Lipinski definition) is 4. The number of Topliss-reactive ketones (excluding diaryl/α,β-unsaturated/α-hetero) is 1. The maximum absolute atomic E-state index is 13.1. The summed E-state index contributed by atoms with van der Waals surface area (Å²) in [5, 5.41) is 10.2. The number of likely N-dealkylation sites (tertiary alicyclic amines) is 1. The van der Waals surface area contributed by atoms with Gasteiger partial charge in [0, 0.05) is 25.6 Å². The third-order valence-corrected chi connectivity index (χ3v) is 4.82. The average molecular weight is 336 g/mol. The van der Waals surface area contributed by atoms with Crippen molar-refractivity contribution in [3.8, 4) is 0 Å². The maximum atomic E-state index is 13.1. The third kappa shape index (κ3) is 5.95. The monoisotopic (exact) mass is 336 g/mol. The van der Waals surface area contributed by atoms with E-state index in [1.54, 1.807) is 6.20 Å². The van der Waals surface area contributed by atoms with Crippen LogP contribution in [0.5, 0.6) is 0 Å². The minimum absolute atomic E-state index is 0.105. The molecule has 1 aromatic heterocycles. The van der Waals surface area contributed by atoms with Crippen LogP contribution in [0.25, 0.3) is 0 Å². The lowest BCUT2D eigenvalue weighted by Crippen LogP contribution is -2.43. The highest BCUT2D eigenvalue weighted by molar-refractivity contribution is 5.81. The van der Waals surface area contributed by atoms with E-state index in [0.29, 0.717) is 24.4 Å². The second-order valence-corrected chi connectivity index (χ2v) is 8.06. The van der Waals surface area contributed by atoms with Crippen LogP contribution >= 0.6 is 0 Å². The summed E-state index contributed by atoms with van der Waals surface area (Å²) in [6.45, 7) is 8.68. The van der Waals surface area contributed by atoms with Gasteiger partial charge >= 0.3 is 0 Å². The fourth-order valence-electron chi connectivity index (χ4n) is 3.07. The Bertz CT molecular complexity index is 549. The van der Waals surface area contributed by atoms with Crippen LogP contribution in [-0.4, -0.2) is 46.5 Å². The molecule has 2 heterocycles. The summed E-state index contributed by atoms with van der Waals surface area (Å²) in [5.74, 6) is 0.142. The Morgan fingerprint density at radius 2 is 2.04 bits per heavy atom. The normalized spacial score (nSPS) is 18.5. The van der Waals surface area contributed by atoms with Crippen molar-refractivity contribution in [2.24, 2.45) is 11.3 Å². The molecule has 0 spiro atoms. The average Bonchev–Trinajstić information content (AvgIpc) is 2.48. The molecule has 0 radical (unpaired) electrons. The van der Waals surface area contributed by atoms with Crippen LogP contribution in [0.15, 0.2) is 18.5 Å². The number of β-amino-alcohol motifs (C(OH)–C–C–N with tert-alkyl or cyclic N) is 1. The molecule has 0 aromatic carbocycles. The van der Waals surface area contributed by atoms with Gasteiger partial charge < -0.3 is 10.0 Å². The van der Waals surface area contributed by atoms with Crippen LogP contribution in [0.4, 0.5) is 4.39 Å². The molecular weight excluding hydrogens is 307 g/mol. The molecular formula is C19H29FN2O2. The summed E-state index contributed by atoms with van der Waals surface area (Å²) >= 11 is 0. The van der Waals surface area contributed by atoms with E-state index in [-0.39, 0.29) is 23.7 Å². The standard InChI is InChI=1S/C19H29FN2O2/c1-19(2,3)18(24)13-22-6-4-14(5-7-22)9-17(23)10-15-8-16(20)12-21-11-15/h8,11-12,14,18,24H,4-7,9-10,13H2,1-3H3. The van der Waals surface area contributed by atoms with Gasteiger partial charge in [-0.25, -0.2) is 4.39 Å². The first-order valence-corrected chi connectivity index (χ1v) is 8.75. The number of piperidine rings is 1. The molecule has 1 unspecified atom stereocenters. The number of halogens is 1. The number of hydrogen-bond donors (Lipinski definition) is 1. The van der Waals surface area contributed by atoms with Crippen molar-refractivity contribution < 1.29 is 14.3 Å². The molecule has 1 aliphatic rings. The van der Waals surface area contributed by atoms with Crippen LogP contribution in [0.2, 0.25) is 0 Å². The van der Waals surface area contributed by atoms with Crippen molar-refractivity contribution in [2.75, 3.05) is 19.6 Å². The van der Waals surface area contributed by atoms with E-state index >= 15 is 0 Å². The quantitative estimate of drug-likeness (QED) is 0.868. The summed E-state index contributed by atoms with van der Waals surface area (Å²) < 4.78 is 13.1. The summed E-state index contributed by atoms with van der Waals surface area (Å²) in [4.78, 5) is 18.2. The summed E-state index contributed by atoms with van der Waals surface area (Å²) in [6.07, 6.45) is 5.12. The molecule has 1 aromatic rings. The lowest BCUT2D eigenvalue weighted by molar-refractivity contribution is -0.119. The molecule has 24 heavy (non-hydrogen) atoms. The van der Waals surface area contributed by atoms with Crippen LogP contribution in [0.1, 0.15) is 45.6 Å². The number of ketones is 1. The number of carbonyl (C=O) groups excluding carboxylic acids is 1. The Balaban J connectivity index is 1.73. The van der Waals surface area contributed by atoms with E-state index in [1.807, 2.05) is 20.8 Å². The smallest absolute Gasteiger partial charge is 0.141 e. The molecule has 0 aliphatic carbocycles. The molecule has 1 aliphatic heterocycles. The van der Waals surface area contributed by atoms with Gasteiger partial charge in [-0.15, -0.1) is 0 Å². The topological polar surface area (TPSA) is 53.4 Å². The minimum atomic E-state index is -0.397. The van der Waals surface area contributed by atoms with Gasteiger partial charge in [0.05, 0.1) is 12.3 Å². The fraction of sp³-hybridized carbons (Fsp3) is 0.684. The van der Waals surface area contributed by atoms with Crippen molar-refractivity contribution in [2.45, 2.75) is 52.6 Å².